The minimum Gasteiger partial charge on any atom is -0.369 e. The quantitative estimate of drug-likeness (QED) is 0.547. The average molecular weight is 268 g/mol. The number of primary amides is 1. The first kappa shape index (κ1) is 12.9. The van der Waals surface area contributed by atoms with Crippen LogP contribution in [0.3, 0.4) is 0 Å². The number of nitrogens with two attached hydrogens (primary N) is 1. The molecule has 1 aliphatic rings. The van der Waals surface area contributed by atoms with Crippen molar-refractivity contribution in [2.45, 2.75) is 37.3 Å². The van der Waals surface area contributed by atoms with Crippen molar-refractivity contribution in [1.29, 1.82) is 0 Å². The van der Waals surface area contributed by atoms with Crippen LogP contribution in [0.25, 0.3) is 0 Å². The highest BCUT2D eigenvalue weighted by atomic mass is 32.2. The van der Waals surface area contributed by atoms with E-state index in [1.165, 1.54) is 36.7 Å². The third-order valence-corrected chi connectivity index (χ3v) is 3.43. The summed E-state index contributed by atoms with van der Waals surface area (Å²) in [6, 6.07) is 0. The van der Waals surface area contributed by atoms with Crippen LogP contribution in [-0.4, -0.2) is 32.6 Å². The maximum absolute atomic E-state index is 10.6. The molecule has 1 fully saturated rings. The van der Waals surface area contributed by atoms with Crippen LogP contribution in [-0.2, 0) is 4.79 Å². The predicted molar refractivity (Wildman–Crippen MR) is 70.4 cm³/mol. The molecular formula is C10H16N6OS. The van der Waals surface area contributed by atoms with Crippen molar-refractivity contribution >= 4 is 29.3 Å². The number of hydrazone groups is 1. The minimum absolute atomic E-state index is 0.172. The highest BCUT2D eigenvalue weighted by Gasteiger charge is 2.08. The molecule has 1 aromatic heterocycles. The molecule has 0 atom stereocenters. The largest absolute Gasteiger partial charge is 0.369 e. The second-order valence-electron chi connectivity index (χ2n) is 4.07. The van der Waals surface area contributed by atoms with Crippen LogP contribution in [0.2, 0.25) is 0 Å². The summed E-state index contributed by atoms with van der Waals surface area (Å²) >= 11 is 1.19. The molecule has 1 amide bonds. The van der Waals surface area contributed by atoms with E-state index in [4.69, 9.17) is 5.73 Å². The van der Waals surface area contributed by atoms with E-state index in [-0.39, 0.29) is 11.7 Å². The van der Waals surface area contributed by atoms with E-state index in [9.17, 15) is 4.79 Å². The van der Waals surface area contributed by atoms with Gasteiger partial charge < -0.3 is 5.73 Å². The van der Waals surface area contributed by atoms with E-state index in [1.807, 2.05) is 0 Å². The summed E-state index contributed by atoms with van der Waals surface area (Å²) in [4.78, 5) is 14.7. The molecular weight excluding hydrogens is 252 g/mol. The molecule has 0 aromatic carbocycles. The second kappa shape index (κ2) is 6.39. The van der Waals surface area contributed by atoms with Gasteiger partial charge in [-0.25, -0.2) is 10.5 Å². The minimum atomic E-state index is -0.387. The van der Waals surface area contributed by atoms with Crippen LogP contribution in [0.5, 0.6) is 0 Å². The first-order valence-corrected chi connectivity index (χ1v) is 6.87. The molecule has 1 saturated carbocycles. The van der Waals surface area contributed by atoms with Crippen LogP contribution >= 0.6 is 11.8 Å². The zero-order chi connectivity index (χ0) is 12.8. The molecule has 1 aromatic rings. The Bertz CT molecular complexity index is 435. The number of carbonyl (C=O) groups is 1. The van der Waals surface area contributed by atoms with Gasteiger partial charge in [-0.05, 0) is 25.7 Å². The van der Waals surface area contributed by atoms with Crippen LogP contribution in [0, 0.1) is 0 Å². The number of carbonyl (C=O) groups excluding carboxylic acids is 1. The number of aromatic nitrogens is 3. The fourth-order valence-corrected chi connectivity index (χ4v) is 2.24. The average Bonchev–Trinajstić information content (AvgIpc) is 2.83. The normalized spacial score (nSPS) is 15.4. The third-order valence-electron chi connectivity index (χ3n) is 2.56. The lowest BCUT2D eigenvalue weighted by molar-refractivity contribution is -0.115. The van der Waals surface area contributed by atoms with Crippen LogP contribution in [0.4, 0.5) is 5.95 Å². The first-order chi connectivity index (χ1) is 8.74. The summed E-state index contributed by atoms with van der Waals surface area (Å²) in [7, 11) is 0. The number of amides is 1. The molecule has 18 heavy (non-hydrogen) atoms. The van der Waals surface area contributed by atoms with Crippen molar-refractivity contribution in [3.8, 4) is 0 Å². The van der Waals surface area contributed by atoms with Crippen molar-refractivity contribution in [2.75, 3.05) is 11.2 Å². The summed E-state index contributed by atoms with van der Waals surface area (Å²) in [6.07, 6.45) is 5.79. The summed E-state index contributed by atoms with van der Waals surface area (Å²) in [6.45, 7) is 0. The lowest BCUT2D eigenvalue weighted by atomic mass is 9.99. The Morgan fingerprint density at radius 2 is 2.22 bits per heavy atom. The number of nitrogens with one attached hydrogen (secondary N) is 2. The van der Waals surface area contributed by atoms with Crippen LogP contribution < -0.4 is 11.2 Å². The molecule has 0 aliphatic heterocycles. The van der Waals surface area contributed by atoms with E-state index in [0.29, 0.717) is 11.1 Å². The molecule has 4 N–H and O–H groups in total. The van der Waals surface area contributed by atoms with Gasteiger partial charge in [-0.15, -0.1) is 5.10 Å². The SMILES string of the molecule is NC(=O)CSc1n[nH]c(NN=C2CCCCC2)n1. The van der Waals surface area contributed by atoms with Gasteiger partial charge in [0.1, 0.15) is 0 Å². The van der Waals surface area contributed by atoms with Crippen molar-refractivity contribution in [3.63, 3.8) is 0 Å². The molecule has 98 valence electrons. The molecule has 8 heteroatoms. The first-order valence-electron chi connectivity index (χ1n) is 5.89. The number of nitrogens with zero attached hydrogens (tertiary/aromatic N) is 3. The van der Waals surface area contributed by atoms with Gasteiger partial charge in [0, 0.05) is 5.71 Å². The summed E-state index contributed by atoms with van der Waals surface area (Å²) in [5.41, 5.74) is 9.06. The van der Waals surface area contributed by atoms with E-state index in [1.54, 1.807) is 0 Å². The molecule has 2 rings (SSSR count). The Morgan fingerprint density at radius 3 is 2.94 bits per heavy atom. The third kappa shape index (κ3) is 4.02. The number of anilines is 1. The fourth-order valence-electron chi connectivity index (χ4n) is 1.70. The summed E-state index contributed by atoms with van der Waals surface area (Å²) in [5.74, 6) is 0.271. The fraction of sp³-hybridized carbons (Fsp3) is 0.600. The van der Waals surface area contributed by atoms with Gasteiger partial charge in [0.05, 0.1) is 5.75 Å². The molecule has 0 radical (unpaired) electrons. The van der Waals surface area contributed by atoms with Gasteiger partial charge in [-0.2, -0.15) is 10.1 Å². The van der Waals surface area contributed by atoms with Gasteiger partial charge in [0.2, 0.25) is 17.0 Å². The molecule has 1 heterocycles. The number of aromatic amines is 1. The monoisotopic (exact) mass is 268 g/mol. The lowest BCUT2D eigenvalue weighted by Crippen LogP contribution is -2.13. The number of hydrogen-bond donors (Lipinski definition) is 3. The molecule has 7 nitrogen and oxygen atoms in total. The predicted octanol–water partition coefficient (Wildman–Crippen LogP) is 1.11. The van der Waals surface area contributed by atoms with Gasteiger partial charge in [-0.1, -0.05) is 18.2 Å². The Labute approximate surface area is 109 Å². The Morgan fingerprint density at radius 1 is 1.44 bits per heavy atom. The number of H-pyrrole nitrogens is 1. The van der Waals surface area contributed by atoms with E-state index < -0.39 is 0 Å². The van der Waals surface area contributed by atoms with Gasteiger partial charge >= 0.3 is 0 Å². The second-order valence-corrected chi connectivity index (χ2v) is 5.01. The zero-order valence-electron chi connectivity index (χ0n) is 9.98. The number of hydrogen-bond acceptors (Lipinski definition) is 6. The summed E-state index contributed by atoms with van der Waals surface area (Å²) < 4.78 is 0. The van der Waals surface area contributed by atoms with Crippen LogP contribution in [0.1, 0.15) is 32.1 Å². The highest BCUT2D eigenvalue weighted by molar-refractivity contribution is 7.99. The number of rotatable bonds is 5. The Balaban J connectivity index is 1.84. The lowest BCUT2D eigenvalue weighted by Gasteiger charge is -2.11. The van der Waals surface area contributed by atoms with E-state index >= 15 is 0 Å². The van der Waals surface area contributed by atoms with Crippen molar-refractivity contribution in [3.05, 3.63) is 0 Å². The van der Waals surface area contributed by atoms with Gasteiger partial charge in [0.15, 0.2) is 0 Å². The summed E-state index contributed by atoms with van der Waals surface area (Å²) in [5, 5.41) is 11.4. The van der Waals surface area contributed by atoms with Crippen molar-refractivity contribution in [1.82, 2.24) is 15.2 Å². The van der Waals surface area contributed by atoms with E-state index in [2.05, 4.69) is 25.7 Å². The molecule has 1 aliphatic carbocycles. The highest BCUT2D eigenvalue weighted by Crippen LogP contribution is 2.16. The van der Waals surface area contributed by atoms with Gasteiger partial charge in [0.25, 0.3) is 0 Å². The van der Waals surface area contributed by atoms with E-state index in [0.717, 1.165) is 12.8 Å². The zero-order valence-corrected chi connectivity index (χ0v) is 10.8. The maximum atomic E-state index is 10.6. The topological polar surface area (TPSA) is 109 Å². The van der Waals surface area contributed by atoms with Gasteiger partial charge in [-0.3, -0.25) is 4.79 Å². The molecule has 0 unspecified atom stereocenters. The molecule has 0 spiro atoms. The number of thioether (sulfide) groups is 1. The smallest absolute Gasteiger partial charge is 0.240 e. The van der Waals surface area contributed by atoms with Crippen molar-refractivity contribution < 1.29 is 4.79 Å². The molecule has 0 saturated heterocycles. The Kier molecular flexibility index (Phi) is 4.57. The van der Waals surface area contributed by atoms with Crippen molar-refractivity contribution in [2.24, 2.45) is 10.8 Å². The standard InChI is InChI=1S/C10H16N6OS/c11-8(17)6-18-10-12-9(15-16-10)14-13-7-4-2-1-3-5-7/h1-6H2,(H2,11,17)(H2,12,14,15,16). The van der Waals surface area contributed by atoms with Crippen LogP contribution in [0.15, 0.2) is 10.3 Å². The maximum Gasteiger partial charge on any atom is 0.240 e. The Hall–Kier alpha value is -1.57. The molecule has 0 bridgehead atoms.